The van der Waals surface area contributed by atoms with Crippen LogP contribution in [0, 0.1) is 21.7 Å². The molecule has 0 N–H and O–H groups in total. The molecule has 3 nitrogen and oxygen atoms in total. The largest absolute Gasteiger partial charge is 0.305 e. The van der Waals surface area contributed by atoms with Crippen LogP contribution in [0.1, 0.15) is 12.0 Å². The second-order valence-electron chi connectivity index (χ2n) is 2.96. The number of nitro groups is 1. The Morgan fingerprint density at radius 1 is 1.38 bits per heavy atom. The summed E-state index contributed by atoms with van der Waals surface area (Å²) in [5.41, 5.74) is -0.773. The van der Waals surface area contributed by atoms with Gasteiger partial charge in [-0.05, 0) is 6.42 Å². The van der Waals surface area contributed by atoms with Crippen molar-refractivity contribution in [1.29, 1.82) is 0 Å². The van der Waals surface area contributed by atoms with Crippen molar-refractivity contribution in [2.24, 2.45) is 0 Å². The molecule has 0 amide bonds. The molecular formula is C10H8ClF2NO2. The smallest absolute Gasteiger partial charge is 0.258 e. The Morgan fingerprint density at radius 2 is 2.06 bits per heavy atom. The average Bonchev–Trinajstić information content (AvgIpc) is 2.21. The van der Waals surface area contributed by atoms with E-state index in [1.807, 2.05) is 0 Å². The standard InChI is InChI=1S/C10H8ClF2NO2/c11-4-2-1-3-7-5-10(14(15)16)9(13)6-8(7)12/h1,3,5-6H,2,4H2. The lowest BCUT2D eigenvalue weighted by Crippen LogP contribution is -1.95. The highest BCUT2D eigenvalue weighted by atomic mass is 35.5. The highest BCUT2D eigenvalue weighted by Gasteiger charge is 2.16. The van der Waals surface area contributed by atoms with Gasteiger partial charge in [-0.3, -0.25) is 10.1 Å². The topological polar surface area (TPSA) is 43.1 Å². The maximum atomic E-state index is 13.2. The average molecular weight is 248 g/mol. The second-order valence-corrected chi connectivity index (χ2v) is 3.34. The number of nitro benzene ring substituents is 1. The lowest BCUT2D eigenvalue weighted by Gasteiger charge is -1.98. The van der Waals surface area contributed by atoms with E-state index < -0.39 is 22.2 Å². The van der Waals surface area contributed by atoms with E-state index in [0.29, 0.717) is 18.4 Å². The first-order valence-electron chi connectivity index (χ1n) is 4.42. The third-order valence-electron chi connectivity index (χ3n) is 1.84. The van der Waals surface area contributed by atoms with Crippen LogP contribution in [-0.2, 0) is 0 Å². The van der Waals surface area contributed by atoms with Crippen molar-refractivity contribution in [3.05, 3.63) is 45.5 Å². The molecule has 86 valence electrons. The molecule has 1 aromatic carbocycles. The van der Waals surface area contributed by atoms with Gasteiger partial charge in [-0.1, -0.05) is 12.2 Å². The van der Waals surface area contributed by atoms with E-state index in [0.717, 1.165) is 6.07 Å². The van der Waals surface area contributed by atoms with Crippen LogP contribution in [0.3, 0.4) is 0 Å². The lowest BCUT2D eigenvalue weighted by molar-refractivity contribution is -0.387. The maximum absolute atomic E-state index is 13.2. The van der Waals surface area contributed by atoms with Crippen molar-refractivity contribution in [2.75, 3.05) is 5.88 Å². The van der Waals surface area contributed by atoms with Gasteiger partial charge in [-0.2, -0.15) is 4.39 Å². The van der Waals surface area contributed by atoms with E-state index in [4.69, 9.17) is 11.6 Å². The van der Waals surface area contributed by atoms with Gasteiger partial charge in [0.05, 0.1) is 4.92 Å². The molecule has 0 heterocycles. The summed E-state index contributed by atoms with van der Waals surface area (Å²) in [5, 5.41) is 10.4. The molecule has 0 unspecified atom stereocenters. The molecule has 0 bridgehead atoms. The van der Waals surface area contributed by atoms with Gasteiger partial charge in [0.1, 0.15) is 5.82 Å². The van der Waals surface area contributed by atoms with Crippen LogP contribution < -0.4 is 0 Å². The maximum Gasteiger partial charge on any atom is 0.305 e. The molecule has 0 radical (unpaired) electrons. The Hall–Kier alpha value is -1.49. The van der Waals surface area contributed by atoms with Crippen LogP contribution in [0.15, 0.2) is 18.2 Å². The number of allylic oxidation sites excluding steroid dienone is 1. The highest BCUT2D eigenvalue weighted by Crippen LogP contribution is 2.22. The number of benzene rings is 1. The van der Waals surface area contributed by atoms with Gasteiger partial charge in [-0.15, -0.1) is 11.6 Å². The number of rotatable bonds is 4. The number of nitrogens with zero attached hydrogens (tertiary/aromatic N) is 1. The molecule has 1 rings (SSSR count). The van der Waals surface area contributed by atoms with Crippen molar-refractivity contribution < 1.29 is 13.7 Å². The number of hydrogen-bond donors (Lipinski definition) is 0. The van der Waals surface area contributed by atoms with E-state index in [9.17, 15) is 18.9 Å². The molecule has 0 spiro atoms. The Balaban J connectivity index is 3.09. The molecule has 0 aliphatic carbocycles. The molecule has 0 fully saturated rings. The van der Waals surface area contributed by atoms with Gasteiger partial charge in [-0.25, -0.2) is 4.39 Å². The lowest BCUT2D eigenvalue weighted by atomic mass is 10.1. The Kier molecular flexibility index (Phi) is 4.37. The van der Waals surface area contributed by atoms with Crippen LogP contribution >= 0.6 is 11.6 Å². The van der Waals surface area contributed by atoms with Gasteiger partial charge in [0.15, 0.2) is 0 Å². The van der Waals surface area contributed by atoms with Crippen molar-refractivity contribution >= 4 is 23.4 Å². The van der Waals surface area contributed by atoms with Crippen LogP contribution in [0.4, 0.5) is 14.5 Å². The number of hydrogen-bond acceptors (Lipinski definition) is 2. The second kappa shape index (κ2) is 5.55. The van der Waals surface area contributed by atoms with E-state index in [1.165, 1.54) is 6.08 Å². The molecule has 16 heavy (non-hydrogen) atoms. The van der Waals surface area contributed by atoms with Gasteiger partial charge >= 0.3 is 5.69 Å². The first-order chi connectivity index (χ1) is 7.56. The Bertz CT molecular complexity index is 435. The third-order valence-corrected chi connectivity index (χ3v) is 2.05. The summed E-state index contributed by atoms with van der Waals surface area (Å²) in [5.74, 6) is -1.66. The molecular weight excluding hydrogens is 240 g/mol. The zero-order chi connectivity index (χ0) is 12.1. The SMILES string of the molecule is O=[N+]([O-])c1cc(C=CCCCl)c(F)cc1F. The van der Waals surface area contributed by atoms with Crippen molar-refractivity contribution in [1.82, 2.24) is 0 Å². The Morgan fingerprint density at radius 3 is 2.62 bits per heavy atom. The van der Waals surface area contributed by atoms with E-state index in [1.54, 1.807) is 6.08 Å². The molecule has 0 aromatic heterocycles. The number of alkyl halides is 1. The summed E-state index contributed by atoms with van der Waals surface area (Å²) in [6.07, 6.45) is 3.41. The van der Waals surface area contributed by atoms with E-state index in [2.05, 4.69) is 0 Å². The van der Waals surface area contributed by atoms with Gasteiger partial charge < -0.3 is 0 Å². The summed E-state index contributed by atoms with van der Waals surface area (Å²) < 4.78 is 26.1. The first-order valence-corrected chi connectivity index (χ1v) is 4.95. The molecule has 6 heteroatoms. The predicted molar refractivity (Wildman–Crippen MR) is 57.4 cm³/mol. The van der Waals surface area contributed by atoms with Gasteiger partial charge in [0.25, 0.3) is 0 Å². The fourth-order valence-corrected chi connectivity index (χ4v) is 1.22. The van der Waals surface area contributed by atoms with Gasteiger partial charge in [0, 0.05) is 23.6 Å². The van der Waals surface area contributed by atoms with Crippen molar-refractivity contribution in [2.45, 2.75) is 6.42 Å². The molecule has 0 saturated heterocycles. The monoisotopic (exact) mass is 247 g/mol. The van der Waals surface area contributed by atoms with Crippen LogP contribution in [-0.4, -0.2) is 10.8 Å². The minimum Gasteiger partial charge on any atom is -0.258 e. The van der Waals surface area contributed by atoms with Crippen LogP contribution in [0.2, 0.25) is 0 Å². The minimum atomic E-state index is -1.18. The zero-order valence-electron chi connectivity index (χ0n) is 8.12. The molecule has 0 saturated carbocycles. The molecule has 0 aliphatic rings. The van der Waals surface area contributed by atoms with Crippen LogP contribution in [0.25, 0.3) is 6.08 Å². The van der Waals surface area contributed by atoms with Crippen LogP contribution in [0.5, 0.6) is 0 Å². The molecule has 1 aromatic rings. The fraction of sp³-hybridized carbons (Fsp3) is 0.200. The quantitative estimate of drug-likeness (QED) is 0.464. The number of halogens is 3. The van der Waals surface area contributed by atoms with E-state index in [-0.39, 0.29) is 5.56 Å². The summed E-state index contributed by atoms with van der Waals surface area (Å²) in [4.78, 5) is 9.52. The summed E-state index contributed by atoms with van der Waals surface area (Å²) in [7, 11) is 0. The van der Waals surface area contributed by atoms with E-state index >= 15 is 0 Å². The predicted octanol–water partition coefficient (Wildman–Crippen LogP) is 3.52. The van der Waals surface area contributed by atoms with Crippen molar-refractivity contribution in [3.63, 3.8) is 0 Å². The van der Waals surface area contributed by atoms with Gasteiger partial charge in [0.2, 0.25) is 5.82 Å². The summed E-state index contributed by atoms with van der Waals surface area (Å²) >= 11 is 5.40. The normalized spacial score (nSPS) is 10.9. The van der Waals surface area contributed by atoms with Crippen molar-refractivity contribution in [3.8, 4) is 0 Å². The summed E-state index contributed by atoms with van der Waals surface area (Å²) in [6, 6.07) is 1.36. The summed E-state index contributed by atoms with van der Waals surface area (Å²) in [6.45, 7) is 0. The highest BCUT2D eigenvalue weighted by molar-refractivity contribution is 6.17. The molecule has 0 aliphatic heterocycles. The fourth-order valence-electron chi connectivity index (χ4n) is 1.09. The zero-order valence-corrected chi connectivity index (χ0v) is 8.88. The first kappa shape index (κ1) is 12.6. The minimum absolute atomic E-state index is 0.0294. The molecule has 0 atom stereocenters. The third kappa shape index (κ3) is 3.00. The Labute approximate surface area is 95.5 Å².